The molecule has 0 spiro atoms. The Kier molecular flexibility index (Phi) is 2.53. The Hall–Kier alpha value is -1.04. The van der Waals surface area contributed by atoms with E-state index in [-0.39, 0.29) is 0 Å². The van der Waals surface area contributed by atoms with Crippen molar-refractivity contribution in [1.82, 2.24) is 0 Å². The molecule has 0 radical (unpaired) electrons. The van der Waals surface area contributed by atoms with Gasteiger partial charge in [0.15, 0.2) is 0 Å². The van der Waals surface area contributed by atoms with Crippen LogP contribution in [0.25, 0.3) is 0 Å². The van der Waals surface area contributed by atoms with Gasteiger partial charge in [-0.15, -0.1) is 0 Å². The van der Waals surface area contributed by atoms with Crippen molar-refractivity contribution in [3.05, 3.63) is 46.5 Å². The zero-order valence-electron chi connectivity index (χ0n) is 13.2. The lowest BCUT2D eigenvalue weighted by atomic mass is 9.45. The molecule has 4 aliphatic rings. The van der Waals surface area contributed by atoms with Gasteiger partial charge in [-0.25, -0.2) is 0 Å². The van der Waals surface area contributed by atoms with E-state index in [9.17, 15) is 0 Å². The molecule has 1 aromatic rings. The summed E-state index contributed by atoms with van der Waals surface area (Å²) in [5, 5.41) is 0. The van der Waals surface area contributed by atoms with Crippen LogP contribution >= 0.6 is 0 Å². The Bertz CT molecular complexity index is 590. The van der Waals surface area contributed by atoms with Crippen LogP contribution in [0, 0.1) is 23.2 Å². The molecule has 1 aromatic carbocycles. The first-order chi connectivity index (χ1) is 9.50. The van der Waals surface area contributed by atoms with E-state index < -0.39 is 0 Å². The van der Waals surface area contributed by atoms with Crippen molar-refractivity contribution < 1.29 is 0 Å². The molecule has 4 atom stereocenters. The highest BCUT2D eigenvalue weighted by Crippen LogP contribution is 2.65. The van der Waals surface area contributed by atoms with Crippen LogP contribution in [-0.4, -0.2) is 0 Å². The summed E-state index contributed by atoms with van der Waals surface area (Å²) in [6.45, 7) is 9.88. The lowest BCUT2D eigenvalue weighted by Gasteiger charge is -2.59. The van der Waals surface area contributed by atoms with Gasteiger partial charge >= 0.3 is 0 Å². The van der Waals surface area contributed by atoms with Crippen LogP contribution in [0.2, 0.25) is 0 Å². The molecule has 0 N–H and O–H groups in total. The van der Waals surface area contributed by atoms with E-state index in [0.717, 1.165) is 17.8 Å². The number of hydrogen-bond acceptors (Lipinski definition) is 0. The average Bonchev–Trinajstić information content (AvgIpc) is 2.74. The first kappa shape index (κ1) is 12.7. The Labute approximate surface area is 123 Å². The van der Waals surface area contributed by atoms with Crippen molar-refractivity contribution in [1.29, 1.82) is 0 Å². The molecule has 2 unspecified atom stereocenters. The molecule has 0 amide bonds. The van der Waals surface area contributed by atoms with Crippen LogP contribution < -0.4 is 0 Å². The molecular weight excluding hydrogens is 240 g/mol. The highest BCUT2D eigenvalue weighted by Gasteiger charge is 2.55. The molecule has 1 saturated carbocycles. The minimum Gasteiger partial charge on any atom is -0.0729 e. The van der Waals surface area contributed by atoms with Crippen molar-refractivity contribution in [2.24, 2.45) is 23.2 Å². The SMILES string of the molecule is CC1=C(C2c3ccccc3CC2C)[C@H]2C[C@@H](C1)C2(C)C. The monoisotopic (exact) mass is 266 g/mol. The maximum Gasteiger partial charge on any atom is 0.00852 e. The van der Waals surface area contributed by atoms with Gasteiger partial charge in [-0.05, 0) is 60.5 Å². The van der Waals surface area contributed by atoms with Crippen molar-refractivity contribution in [3.8, 4) is 0 Å². The smallest absolute Gasteiger partial charge is 0.00852 e. The third kappa shape index (κ3) is 1.48. The van der Waals surface area contributed by atoms with E-state index in [1.165, 1.54) is 19.3 Å². The first-order valence-electron chi connectivity index (χ1n) is 8.27. The summed E-state index contributed by atoms with van der Waals surface area (Å²) in [5.74, 6) is 3.28. The summed E-state index contributed by atoms with van der Waals surface area (Å²) in [5.41, 5.74) is 7.33. The van der Waals surface area contributed by atoms with Crippen LogP contribution in [0.5, 0.6) is 0 Å². The molecule has 5 rings (SSSR count). The first-order valence-corrected chi connectivity index (χ1v) is 8.27. The Morgan fingerprint density at radius 2 is 1.85 bits per heavy atom. The topological polar surface area (TPSA) is 0 Å². The number of benzene rings is 1. The Morgan fingerprint density at radius 1 is 1.10 bits per heavy atom. The predicted molar refractivity (Wildman–Crippen MR) is 84.7 cm³/mol. The van der Waals surface area contributed by atoms with Gasteiger partial charge in [0.05, 0.1) is 0 Å². The zero-order valence-corrected chi connectivity index (χ0v) is 13.2. The number of fused-ring (bicyclic) bond motifs is 2. The molecule has 0 saturated heterocycles. The van der Waals surface area contributed by atoms with Crippen LogP contribution in [0.3, 0.4) is 0 Å². The Balaban J connectivity index is 1.81. The molecule has 1 fully saturated rings. The third-order valence-electron chi connectivity index (χ3n) is 6.73. The highest BCUT2D eigenvalue weighted by atomic mass is 14.6. The van der Waals surface area contributed by atoms with Gasteiger partial charge in [0.2, 0.25) is 0 Å². The third-order valence-corrected chi connectivity index (χ3v) is 6.73. The van der Waals surface area contributed by atoms with Gasteiger partial charge in [0.25, 0.3) is 0 Å². The van der Waals surface area contributed by atoms with Gasteiger partial charge < -0.3 is 0 Å². The van der Waals surface area contributed by atoms with Gasteiger partial charge in [-0.2, -0.15) is 0 Å². The molecule has 0 nitrogen and oxygen atoms in total. The van der Waals surface area contributed by atoms with Crippen molar-refractivity contribution in [2.75, 3.05) is 0 Å². The summed E-state index contributed by atoms with van der Waals surface area (Å²) in [6.07, 6.45) is 4.07. The van der Waals surface area contributed by atoms with Crippen molar-refractivity contribution >= 4 is 0 Å². The van der Waals surface area contributed by atoms with Gasteiger partial charge in [-0.1, -0.05) is 56.2 Å². The van der Waals surface area contributed by atoms with E-state index in [2.05, 4.69) is 52.0 Å². The maximum atomic E-state index is 2.50. The lowest BCUT2D eigenvalue weighted by molar-refractivity contribution is -0.0154. The molecule has 4 aliphatic carbocycles. The van der Waals surface area contributed by atoms with Crippen LogP contribution in [-0.2, 0) is 6.42 Å². The summed E-state index contributed by atoms with van der Waals surface area (Å²) in [7, 11) is 0. The summed E-state index contributed by atoms with van der Waals surface area (Å²) in [6, 6.07) is 9.18. The molecule has 0 aromatic heterocycles. The van der Waals surface area contributed by atoms with Gasteiger partial charge in [0, 0.05) is 5.92 Å². The van der Waals surface area contributed by atoms with Gasteiger partial charge in [0.1, 0.15) is 0 Å². The highest BCUT2D eigenvalue weighted by molar-refractivity contribution is 5.46. The fraction of sp³-hybridized carbons (Fsp3) is 0.600. The van der Waals surface area contributed by atoms with E-state index in [1.54, 1.807) is 16.7 Å². The van der Waals surface area contributed by atoms with Crippen LogP contribution in [0.4, 0.5) is 0 Å². The summed E-state index contributed by atoms with van der Waals surface area (Å²) in [4.78, 5) is 0. The molecule has 2 bridgehead atoms. The maximum absolute atomic E-state index is 2.50. The van der Waals surface area contributed by atoms with Crippen molar-refractivity contribution in [3.63, 3.8) is 0 Å². The van der Waals surface area contributed by atoms with E-state index in [4.69, 9.17) is 0 Å². The lowest BCUT2D eigenvalue weighted by Crippen LogP contribution is -2.50. The van der Waals surface area contributed by atoms with E-state index >= 15 is 0 Å². The quantitative estimate of drug-likeness (QED) is 0.601. The molecule has 0 aliphatic heterocycles. The number of allylic oxidation sites excluding steroid dienone is 2. The minimum absolute atomic E-state index is 0.548. The predicted octanol–water partition coefficient (Wildman–Crippen LogP) is 5.34. The fourth-order valence-corrected chi connectivity index (χ4v) is 5.43. The van der Waals surface area contributed by atoms with Crippen molar-refractivity contribution in [2.45, 2.75) is 52.9 Å². The summed E-state index contributed by atoms with van der Waals surface area (Å²) < 4.78 is 0. The van der Waals surface area contributed by atoms with Gasteiger partial charge in [-0.3, -0.25) is 0 Å². The normalized spacial score (nSPS) is 37.6. The van der Waals surface area contributed by atoms with E-state index in [1.807, 2.05) is 5.57 Å². The molecule has 0 heteroatoms. The second-order valence-electron chi connectivity index (χ2n) is 8.10. The molecular formula is C20H26. The zero-order chi connectivity index (χ0) is 14.1. The Morgan fingerprint density at radius 3 is 2.60 bits per heavy atom. The number of rotatable bonds is 1. The standard InChI is InChI=1S/C20H26/c1-12-9-14-7-5-6-8-16(14)18(12)19-13(2)10-15-11-17(19)20(15,3)4/h5-8,12,15,17-18H,9-11H2,1-4H3/t12?,15-,17-,18?/m1/s1. The summed E-state index contributed by atoms with van der Waals surface area (Å²) >= 11 is 0. The van der Waals surface area contributed by atoms with Crippen LogP contribution in [0.1, 0.15) is 57.6 Å². The van der Waals surface area contributed by atoms with Crippen LogP contribution in [0.15, 0.2) is 35.4 Å². The molecule has 20 heavy (non-hydrogen) atoms. The molecule has 0 heterocycles. The van der Waals surface area contributed by atoms with E-state index in [0.29, 0.717) is 11.3 Å². The average molecular weight is 266 g/mol. The second kappa shape index (κ2) is 4.00. The molecule has 106 valence electrons. The fourth-order valence-electron chi connectivity index (χ4n) is 5.43. The minimum atomic E-state index is 0.548. The largest absolute Gasteiger partial charge is 0.0729 e. The number of hydrogen-bond donors (Lipinski definition) is 0. The second-order valence-corrected chi connectivity index (χ2v) is 8.10.